The Morgan fingerprint density at radius 2 is 1.97 bits per heavy atom. The Morgan fingerprint density at radius 3 is 2.64 bits per heavy atom. The second-order valence-corrected chi connectivity index (χ2v) is 8.43. The smallest absolute Gasteiger partial charge is 0.219 e. The van der Waals surface area contributed by atoms with Crippen molar-refractivity contribution in [1.82, 2.24) is 24.7 Å². The number of rotatable bonds is 10. The molecule has 0 unspecified atom stereocenters. The van der Waals surface area contributed by atoms with E-state index in [9.17, 15) is 4.79 Å². The minimum Gasteiger partial charge on any atom is -0.493 e. The van der Waals surface area contributed by atoms with E-state index >= 15 is 0 Å². The van der Waals surface area contributed by atoms with E-state index in [2.05, 4.69) is 25.1 Å². The third kappa shape index (κ3) is 7.61. The fourth-order valence-corrected chi connectivity index (χ4v) is 3.90. The molecule has 1 saturated heterocycles. The van der Waals surface area contributed by atoms with Gasteiger partial charge in [0.25, 0.3) is 0 Å². The molecule has 0 radical (unpaired) electrons. The van der Waals surface area contributed by atoms with Gasteiger partial charge in [0.1, 0.15) is 6.61 Å². The Balaban J connectivity index is 1.39. The van der Waals surface area contributed by atoms with Gasteiger partial charge >= 0.3 is 0 Å². The van der Waals surface area contributed by atoms with E-state index in [1.54, 1.807) is 14.0 Å². The highest BCUT2D eigenvalue weighted by Crippen LogP contribution is 2.30. The van der Waals surface area contributed by atoms with Crippen LogP contribution in [-0.4, -0.2) is 83.4 Å². The number of aryl methyl sites for hydroxylation is 2. The first-order valence-corrected chi connectivity index (χ1v) is 11.7. The van der Waals surface area contributed by atoms with Crippen molar-refractivity contribution in [2.75, 3.05) is 58.3 Å². The number of nitrogens with zero attached hydrogens (tertiary/aromatic N) is 4. The lowest BCUT2D eigenvalue weighted by Crippen LogP contribution is -2.48. The van der Waals surface area contributed by atoms with Gasteiger partial charge < -0.3 is 29.6 Å². The van der Waals surface area contributed by atoms with Crippen LogP contribution in [0, 0.1) is 6.92 Å². The van der Waals surface area contributed by atoms with E-state index in [0.29, 0.717) is 23.2 Å². The first-order chi connectivity index (χ1) is 16.0. The molecular weight excluding hydrogens is 440 g/mol. The van der Waals surface area contributed by atoms with E-state index in [4.69, 9.17) is 21.7 Å². The minimum absolute atomic E-state index is 0.142. The number of amides is 1. The second kappa shape index (κ2) is 12.4. The van der Waals surface area contributed by atoms with Crippen LogP contribution in [0.2, 0.25) is 0 Å². The lowest BCUT2D eigenvalue weighted by molar-refractivity contribution is -0.130. The third-order valence-electron chi connectivity index (χ3n) is 5.69. The van der Waals surface area contributed by atoms with Gasteiger partial charge in [0.15, 0.2) is 16.6 Å². The van der Waals surface area contributed by atoms with Crippen LogP contribution in [0.25, 0.3) is 0 Å². The second-order valence-electron chi connectivity index (χ2n) is 8.02. The van der Waals surface area contributed by atoms with Gasteiger partial charge in [0, 0.05) is 76.4 Å². The summed E-state index contributed by atoms with van der Waals surface area (Å²) in [6, 6.07) is 5.69. The van der Waals surface area contributed by atoms with Crippen LogP contribution in [0.5, 0.6) is 11.5 Å². The Hall–Kier alpha value is -2.85. The average molecular weight is 475 g/mol. The summed E-state index contributed by atoms with van der Waals surface area (Å²) in [6.45, 7) is 9.98. The van der Waals surface area contributed by atoms with E-state index in [-0.39, 0.29) is 5.91 Å². The van der Waals surface area contributed by atoms with Crippen LogP contribution < -0.4 is 20.1 Å². The fraction of sp³-hybridized carbons (Fsp3) is 0.522. The van der Waals surface area contributed by atoms with Gasteiger partial charge in [-0.15, -0.1) is 0 Å². The van der Waals surface area contributed by atoms with Crippen LogP contribution in [0.4, 0.5) is 5.69 Å². The average Bonchev–Trinajstić information content (AvgIpc) is 3.22. The maximum Gasteiger partial charge on any atom is 0.219 e. The van der Waals surface area contributed by atoms with Crippen LogP contribution >= 0.6 is 12.2 Å². The van der Waals surface area contributed by atoms with E-state index < -0.39 is 0 Å². The molecule has 0 spiro atoms. The van der Waals surface area contributed by atoms with Crippen LogP contribution in [0.3, 0.4) is 0 Å². The number of methoxy groups -OCH3 is 1. The van der Waals surface area contributed by atoms with E-state index in [1.807, 2.05) is 42.5 Å². The van der Waals surface area contributed by atoms with Crippen molar-refractivity contribution in [2.45, 2.75) is 26.8 Å². The molecule has 0 bridgehead atoms. The normalized spacial score (nSPS) is 14.1. The van der Waals surface area contributed by atoms with Gasteiger partial charge in [-0.25, -0.2) is 4.98 Å². The van der Waals surface area contributed by atoms with Crippen molar-refractivity contribution in [3.8, 4) is 11.5 Å². The van der Waals surface area contributed by atoms with Crippen LogP contribution in [0.15, 0.2) is 30.7 Å². The summed E-state index contributed by atoms with van der Waals surface area (Å²) in [6.07, 6.45) is 4.65. The molecule has 2 heterocycles. The molecule has 180 valence electrons. The molecule has 1 aromatic heterocycles. The molecule has 9 nitrogen and oxygen atoms in total. The summed E-state index contributed by atoms with van der Waals surface area (Å²) in [5.41, 5.74) is 1.99. The number of ether oxygens (including phenoxy) is 2. The molecule has 3 rings (SSSR count). The Bertz CT molecular complexity index is 927. The highest BCUT2D eigenvalue weighted by Gasteiger charge is 2.18. The molecule has 0 atom stereocenters. The molecule has 0 saturated carbocycles. The highest BCUT2D eigenvalue weighted by atomic mass is 32.1. The van der Waals surface area contributed by atoms with Gasteiger partial charge in [0.05, 0.1) is 13.4 Å². The first-order valence-electron chi connectivity index (χ1n) is 11.3. The number of carbonyl (C=O) groups excluding carboxylic acids is 1. The van der Waals surface area contributed by atoms with Gasteiger partial charge in [-0.05, 0) is 37.7 Å². The van der Waals surface area contributed by atoms with Crippen LogP contribution in [0.1, 0.15) is 19.0 Å². The molecule has 2 N–H and O–H groups in total. The predicted molar refractivity (Wildman–Crippen MR) is 133 cm³/mol. The number of aromatic nitrogens is 2. The lowest BCUT2D eigenvalue weighted by Gasteiger charge is -2.34. The standard InChI is InChI=1S/C23H34N6O3S/c1-18-16-24-17-29(18)8-4-7-25-23(33)26-20-5-6-21(22(15-20)31-3)32-14-13-27-9-11-28(12-10-27)19(2)30/h5-6,15-17H,4,7-14H2,1-3H3,(H2,25,26,33). The summed E-state index contributed by atoms with van der Waals surface area (Å²) in [7, 11) is 1.63. The molecule has 1 aliphatic heterocycles. The molecule has 1 fully saturated rings. The van der Waals surface area contributed by atoms with Gasteiger partial charge in [0.2, 0.25) is 5.91 Å². The summed E-state index contributed by atoms with van der Waals surface area (Å²) in [5, 5.41) is 6.99. The predicted octanol–water partition coefficient (Wildman–Crippen LogP) is 2.12. The van der Waals surface area contributed by atoms with Crippen molar-refractivity contribution in [3.63, 3.8) is 0 Å². The number of nitrogens with one attached hydrogen (secondary N) is 2. The van der Waals surface area contributed by atoms with Gasteiger partial charge in [-0.3, -0.25) is 9.69 Å². The molecular formula is C23H34N6O3S. The number of benzene rings is 1. The minimum atomic E-state index is 0.142. The number of anilines is 1. The van der Waals surface area contributed by atoms with Crippen molar-refractivity contribution < 1.29 is 14.3 Å². The lowest BCUT2D eigenvalue weighted by atomic mass is 10.2. The number of hydrogen-bond donors (Lipinski definition) is 2. The Labute approximate surface area is 201 Å². The molecule has 2 aromatic rings. The maximum atomic E-state index is 11.4. The first kappa shape index (κ1) is 24.8. The summed E-state index contributed by atoms with van der Waals surface area (Å²) in [4.78, 5) is 19.8. The van der Waals surface area contributed by atoms with E-state index in [0.717, 1.165) is 63.6 Å². The maximum absolute atomic E-state index is 11.4. The van der Waals surface area contributed by atoms with Crippen molar-refractivity contribution in [1.29, 1.82) is 0 Å². The van der Waals surface area contributed by atoms with Crippen LogP contribution in [-0.2, 0) is 11.3 Å². The monoisotopic (exact) mass is 474 g/mol. The van der Waals surface area contributed by atoms with Crippen molar-refractivity contribution in [2.24, 2.45) is 0 Å². The zero-order valence-electron chi connectivity index (χ0n) is 19.7. The zero-order valence-corrected chi connectivity index (χ0v) is 20.5. The molecule has 1 aromatic carbocycles. The largest absolute Gasteiger partial charge is 0.493 e. The summed E-state index contributed by atoms with van der Waals surface area (Å²) < 4.78 is 13.6. The Kier molecular flexibility index (Phi) is 9.32. The SMILES string of the molecule is COc1cc(NC(=S)NCCCn2cncc2C)ccc1OCCN1CCN(C(C)=O)CC1. The number of carbonyl (C=O) groups is 1. The highest BCUT2D eigenvalue weighted by molar-refractivity contribution is 7.80. The molecule has 1 amide bonds. The molecule has 10 heteroatoms. The number of hydrogen-bond acceptors (Lipinski definition) is 6. The molecule has 33 heavy (non-hydrogen) atoms. The molecule has 1 aliphatic rings. The zero-order chi connectivity index (χ0) is 23.6. The van der Waals surface area contributed by atoms with Gasteiger partial charge in [-0.2, -0.15) is 0 Å². The van der Waals surface area contributed by atoms with Gasteiger partial charge in [-0.1, -0.05) is 0 Å². The van der Waals surface area contributed by atoms with Crippen molar-refractivity contribution >= 4 is 28.9 Å². The third-order valence-corrected chi connectivity index (χ3v) is 5.93. The number of imidazole rings is 1. The number of thiocarbonyl (C=S) groups is 1. The van der Waals surface area contributed by atoms with Crippen molar-refractivity contribution in [3.05, 3.63) is 36.4 Å². The summed E-state index contributed by atoms with van der Waals surface area (Å²) >= 11 is 5.41. The summed E-state index contributed by atoms with van der Waals surface area (Å²) in [5.74, 6) is 1.49. The topological polar surface area (TPSA) is 83.9 Å². The fourth-order valence-electron chi connectivity index (χ4n) is 3.68. The molecule has 0 aliphatic carbocycles. The number of piperazine rings is 1. The quantitative estimate of drug-likeness (QED) is 0.400. The Morgan fingerprint density at radius 1 is 1.18 bits per heavy atom. The van der Waals surface area contributed by atoms with E-state index in [1.165, 1.54) is 0 Å².